The molecule has 1 fully saturated rings. The number of benzene rings is 2. The minimum Gasteiger partial charge on any atom is -0.508 e. The molecular weight excluding hydrogens is 340 g/mol. The lowest BCUT2D eigenvalue weighted by Crippen LogP contribution is -2.53. The lowest BCUT2D eigenvalue weighted by Gasteiger charge is -2.50. The van der Waals surface area contributed by atoms with Crippen LogP contribution in [-0.4, -0.2) is 24.9 Å². The molecule has 1 saturated carbocycles. The molecule has 1 aliphatic heterocycles. The summed E-state index contributed by atoms with van der Waals surface area (Å²) in [5.74, 6) is 3.61. The van der Waals surface area contributed by atoms with E-state index in [1.165, 1.54) is 18.4 Å². The Bertz CT molecular complexity index is 831. The largest absolute Gasteiger partial charge is 0.508 e. The smallest absolute Gasteiger partial charge is 0.127 e. The zero-order valence-electron chi connectivity index (χ0n) is 16.3. The maximum Gasteiger partial charge on any atom is 0.127 e. The van der Waals surface area contributed by atoms with Gasteiger partial charge in [0.2, 0.25) is 0 Å². The van der Waals surface area contributed by atoms with Gasteiger partial charge in [0.1, 0.15) is 28.6 Å². The summed E-state index contributed by atoms with van der Waals surface area (Å²) in [5.41, 5.74) is 2.00. The molecule has 2 aromatic carbocycles. The van der Waals surface area contributed by atoms with Gasteiger partial charge in [0.25, 0.3) is 0 Å². The molecule has 0 unspecified atom stereocenters. The number of methoxy groups -OCH3 is 2. The van der Waals surface area contributed by atoms with Crippen LogP contribution in [0.5, 0.6) is 23.0 Å². The molecule has 2 aromatic rings. The molecule has 3 atom stereocenters. The maximum atomic E-state index is 10.4. The first-order valence-corrected chi connectivity index (χ1v) is 9.75. The van der Waals surface area contributed by atoms with E-state index < -0.39 is 0 Å². The highest BCUT2D eigenvalue weighted by molar-refractivity contribution is 5.44. The molecule has 0 amide bonds. The Hall–Kier alpha value is -2.36. The average Bonchev–Trinajstić information content (AvgIpc) is 2.67. The van der Waals surface area contributed by atoms with Gasteiger partial charge in [0.05, 0.1) is 14.2 Å². The highest BCUT2D eigenvalue weighted by atomic mass is 16.5. The van der Waals surface area contributed by atoms with Crippen molar-refractivity contribution in [1.82, 2.24) is 0 Å². The van der Waals surface area contributed by atoms with E-state index in [9.17, 15) is 5.11 Å². The summed E-state index contributed by atoms with van der Waals surface area (Å²) < 4.78 is 17.2. The Morgan fingerprint density at radius 3 is 2.56 bits per heavy atom. The van der Waals surface area contributed by atoms with Crippen molar-refractivity contribution in [2.75, 3.05) is 14.2 Å². The van der Waals surface area contributed by atoms with Crippen LogP contribution in [0.15, 0.2) is 36.4 Å². The molecule has 1 N–H and O–H groups in total. The molecule has 27 heavy (non-hydrogen) atoms. The third-order valence-electron chi connectivity index (χ3n) is 6.56. The van der Waals surface area contributed by atoms with Crippen molar-refractivity contribution < 1.29 is 19.3 Å². The summed E-state index contributed by atoms with van der Waals surface area (Å²) in [6.07, 6.45) is 5.35. The zero-order chi connectivity index (χ0) is 19.0. The molecule has 1 aliphatic carbocycles. The summed E-state index contributed by atoms with van der Waals surface area (Å²) in [6.45, 7) is 2.25. The number of rotatable bonds is 4. The average molecular weight is 368 g/mol. The fraction of sp³-hybridized carbons (Fsp3) is 0.478. The molecule has 4 heteroatoms. The van der Waals surface area contributed by atoms with Crippen molar-refractivity contribution >= 4 is 0 Å². The van der Waals surface area contributed by atoms with Crippen molar-refractivity contribution in [3.05, 3.63) is 47.5 Å². The topological polar surface area (TPSA) is 47.9 Å². The predicted molar refractivity (Wildman–Crippen MR) is 105 cm³/mol. The van der Waals surface area contributed by atoms with Gasteiger partial charge in [-0.3, -0.25) is 0 Å². The van der Waals surface area contributed by atoms with Gasteiger partial charge in [-0.25, -0.2) is 0 Å². The normalized spacial score (nSPS) is 26.5. The SMILES string of the molecule is COc1ccc(C[C@H]2CCC[C@@H]3Cc4ccc(OC)cc4O[C@]23C)c(O)c1. The van der Waals surface area contributed by atoms with E-state index in [2.05, 4.69) is 13.0 Å². The summed E-state index contributed by atoms with van der Waals surface area (Å²) >= 11 is 0. The van der Waals surface area contributed by atoms with Crippen LogP contribution in [0.1, 0.15) is 37.3 Å². The minimum atomic E-state index is -0.232. The molecule has 4 nitrogen and oxygen atoms in total. The second-order valence-electron chi connectivity index (χ2n) is 7.99. The van der Waals surface area contributed by atoms with Crippen LogP contribution in [0.3, 0.4) is 0 Å². The lowest BCUT2D eigenvalue weighted by molar-refractivity contribution is -0.0688. The van der Waals surface area contributed by atoms with Crippen LogP contribution in [-0.2, 0) is 12.8 Å². The Balaban J connectivity index is 1.62. The van der Waals surface area contributed by atoms with Gasteiger partial charge in [-0.1, -0.05) is 18.6 Å². The van der Waals surface area contributed by atoms with Gasteiger partial charge < -0.3 is 19.3 Å². The number of fused-ring (bicyclic) bond motifs is 2. The van der Waals surface area contributed by atoms with Crippen LogP contribution in [0.2, 0.25) is 0 Å². The molecule has 0 aromatic heterocycles. The van der Waals surface area contributed by atoms with Gasteiger partial charge in [0, 0.05) is 24.0 Å². The van der Waals surface area contributed by atoms with Gasteiger partial charge in [-0.15, -0.1) is 0 Å². The predicted octanol–water partition coefficient (Wildman–Crippen LogP) is 4.76. The van der Waals surface area contributed by atoms with Crippen molar-refractivity contribution in [3.8, 4) is 23.0 Å². The first-order valence-electron chi connectivity index (χ1n) is 9.75. The van der Waals surface area contributed by atoms with Gasteiger partial charge >= 0.3 is 0 Å². The highest BCUT2D eigenvalue weighted by Crippen LogP contribution is 2.49. The minimum absolute atomic E-state index is 0.232. The standard InChI is InChI=1S/C23H28O4/c1-23-17(11-15-7-9-19(25-2)13-21(15)24)5-4-6-18(23)12-16-8-10-20(26-3)14-22(16)27-23/h7-10,13-14,17-18,24H,4-6,11-12H2,1-3H3/t17-,18-,23-/m1/s1. The van der Waals surface area contributed by atoms with E-state index >= 15 is 0 Å². The van der Waals surface area contributed by atoms with Crippen LogP contribution in [0, 0.1) is 11.8 Å². The Labute approximate surface area is 161 Å². The maximum absolute atomic E-state index is 10.4. The Morgan fingerprint density at radius 2 is 1.81 bits per heavy atom. The van der Waals surface area contributed by atoms with E-state index in [1.807, 2.05) is 24.3 Å². The summed E-state index contributed by atoms with van der Waals surface area (Å²) in [5, 5.41) is 10.4. The van der Waals surface area contributed by atoms with Gasteiger partial charge in [-0.05, 0) is 55.9 Å². The monoisotopic (exact) mass is 368 g/mol. The van der Waals surface area contributed by atoms with E-state index in [0.29, 0.717) is 23.3 Å². The van der Waals surface area contributed by atoms with Crippen LogP contribution >= 0.6 is 0 Å². The second-order valence-corrected chi connectivity index (χ2v) is 7.99. The van der Waals surface area contributed by atoms with Crippen LogP contribution in [0.25, 0.3) is 0 Å². The first-order chi connectivity index (χ1) is 13.0. The third-order valence-corrected chi connectivity index (χ3v) is 6.56. The molecule has 144 valence electrons. The second kappa shape index (κ2) is 6.99. The van der Waals surface area contributed by atoms with Crippen LogP contribution in [0.4, 0.5) is 0 Å². The van der Waals surface area contributed by atoms with Crippen LogP contribution < -0.4 is 14.2 Å². The molecule has 4 rings (SSSR count). The molecule has 0 spiro atoms. The summed E-state index contributed by atoms with van der Waals surface area (Å²) in [7, 11) is 3.30. The quantitative estimate of drug-likeness (QED) is 0.845. The van der Waals surface area contributed by atoms with E-state index in [-0.39, 0.29) is 5.60 Å². The number of hydrogen-bond acceptors (Lipinski definition) is 4. The van der Waals surface area contributed by atoms with Crippen molar-refractivity contribution in [2.24, 2.45) is 11.8 Å². The van der Waals surface area contributed by atoms with Crippen molar-refractivity contribution in [2.45, 2.75) is 44.6 Å². The number of aromatic hydroxyl groups is 1. The molecule has 0 radical (unpaired) electrons. The number of hydrogen-bond donors (Lipinski definition) is 1. The summed E-state index contributed by atoms with van der Waals surface area (Å²) in [6, 6.07) is 11.7. The number of phenols is 1. The van der Waals surface area contributed by atoms with Gasteiger partial charge in [-0.2, -0.15) is 0 Å². The fourth-order valence-corrected chi connectivity index (χ4v) is 4.83. The summed E-state index contributed by atoms with van der Waals surface area (Å²) in [4.78, 5) is 0. The van der Waals surface area contributed by atoms with Crippen molar-refractivity contribution in [1.29, 1.82) is 0 Å². The number of ether oxygens (including phenoxy) is 3. The molecule has 1 heterocycles. The molecule has 2 aliphatic rings. The Kier molecular flexibility index (Phi) is 4.67. The fourth-order valence-electron chi connectivity index (χ4n) is 4.83. The third kappa shape index (κ3) is 3.22. The van der Waals surface area contributed by atoms with E-state index in [1.54, 1.807) is 20.3 Å². The molecule has 0 saturated heterocycles. The first kappa shape index (κ1) is 18.0. The van der Waals surface area contributed by atoms with E-state index in [4.69, 9.17) is 14.2 Å². The van der Waals surface area contributed by atoms with E-state index in [0.717, 1.165) is 36.3 Å². The Morgan fingerprint density at radius 1 is 1.07 bits per heavy atom. The molecule has 0 bridgehead atoms. The van der Waals surface area contributed by atoms with Crippen molar-refractivity contribution in [3.63, 3.8) is 0 Å². The lowest BCUT2D eigenvalue weighted by atomic mass is 9.64. The highest BCUT2D eigenvalue weighted by Gasteiger charge is 2.48. The zero-order valence-corrected chi connectivity index (χ0v) is 16.3. The van der Waals surface area contributed by atoms with Gasteiger partial charge in [0.15, 0.2) is 0 Å². The molecular formula is C23H28O4. The number of phenolic OH excluding ortho intramolecular Hbond substituents is 1.